The Morgan fingerprint density at radius 1 is 1.30 bits per heavy atom. The van der Waals surface area contributed by atoms with Gasteiger partial charge in [-0.2, -0.15) is 0 Å². The first-order chi connectivity index (χ1) is 9.79. The summed E-state index contributed by atoms with van der Waals surface area (Å²) in [6, 6.07) is 8.19. The Hall–Kier alpha value is -1.55. The minimum absolute atomic E-state index is 0.139. The highest BCUT2D eigenvalue weighted by Gasteiger charge is 2.15. The fraction of sp³-hybridized carbons (Fsp3) is 0.562. The number of aryl methyl sites for hydroxylation is 1. The summed E-state index contributed by atoms with van der Waals surface area (Å²) in [6.45, 7) is 9.18. The molecule has 0 bridgehead atoms. The molecule has 0 spiro atoms. The van der Waals surface area contributed by atoms with Crippen LogP contribution in [0, 0.1) is 0 Å². The molecule has 20 heavy (non-hydrogen) atoms. The number of benzene rings is 1. The molecule has 0 aliphatic carbocycles. The van der Waals surface area contributed by atoms with E-state index in [-0.39, 0.29) is 5.91 Å². The van der Waals surface area contributed by atoms with Gasteiger partial charge >= 0.3 is 0 Å². The number of nitrogens with zero attached hydrogens (tertiary/aromatic N) is 1. The Bertz CT molecular complexity index is 401. The largest absolute Gasteiger partial charge is 0.378 e. The van der Waals surface area contributed by atoms with E-state index in [1.54, 1.807) is 0 Å². The zero-order valence-electron chi connectivity index (χ0n) is 12.8. The number of carbonyl (C=O) groups is 1. The van der Waals surface area contributed by atoms with Gasteiger partial charge in [0.05, 0.1) is 19.8 Å². The number of ether oxygens (including phenoxy) is 1. The van der Waals surface area contributed by atoms with Gasteiger partial charge in [0.25, 0.3) is 0 Å². The monoisotopic (exact) mass is 278 g/mol. The molecule has 0 radical (unpaired) electrons. The van der Waals surface area contributed by atoms with E-state index in [0.717, 1.165) is 12.1 Å². The molecule has 1 aliphatic heterocycles. The quantitative estimate of drug-likeness (QED) is 0.920. The maximum Gasteiger partial charge on any atom is 0.242 e. The molecule has 112 valence electrons. The van der Waals surface area contributed by atoms with E-state index in [0.29, 0.717) is 32.8 Å². The normalized spacial score (nSPS) is 14.2. The molecule has 1 heterocycles. The average molecular weight is 278 g/mol. The van der Waals surface area contributed by atoms with Crippen molar-refractivity contribution in [2.75, 3.05) is 38.2 Å². The summed E-state index contributed by atoms with van der Waals surface area (Å²) < 4.78 is 5.23. The van der Waals surface area contributed by atoms with Crippen molar-refractivity contribution < 1.29 is 9.53 Å². The summed E-state index contributed by atoms with van der Waals surface area (Å²) in [5.74, 6) is 0.139. The minimum Gasteiger partial charge on any atom is -0.378 e. The summed E-state index contributed by atoms with van der Waals surface area (Å²) in [6.07, 6.45) is 1.01. The zero-order valence-corrected chi connectivity index (χ0v) is 12.8. The van der Waals surface area contributed by atoms with Gasteiger partial charge in [0.15, 0.2) is 0 Å². The van der Waals surface area contributed by atoms with Crippen LogP contribution in [0.4, 0.5) is 5.69 Å². The van der Waals surface area contributed by atoms with Crippen LogP contribution >= 0.6 is 0 Å². The first-order valence-electron chi connectivity index (χ1n) is 7.48. The molecule has 0 atom stereocenters. The molecule has 1 aromatic rings. The number of nitrogens with one attached hydrogen (secondary N) is 1. The van der Waals surface area contributed by atoms with E-state index in [4.69, 9.17) is 4.74 Å². The van der Waals surface area contributed by atoms with Gasteiger partial charge in [0, 0.05) is 18.8 Å². The van der Waals surface area contributed by atoms with Crippen LogP contribution in [-0.4, -0.2) is 43.7 Å². The molecule has 1 saturated heterocycles. The van der Waals surface area contributed by atoms with Gasteiger partial charge in [-0.3, -0.25) is 4.79 Å². The van der Waals surface area contributed by atoms with Crippen LogP contribution in [0.3, 0.4) is 0 Å². The highest BCUT2D eigenvalue weighted by Crippen LogP contribution is 2.11. The van der Waals surface area contributed by atoms with Gasteiger partial charge in [0.1, 0.15) is 0 Å². The minimum atomic E-state index is 0.139. The first kappa shape index (κ1) is 16.5. The lowest BCUT2D eigenvalue weighted by Gasteiger charge is -2.27. The van der Waals surface area contributed by atoms with Crippen molar-refractivity contribution in [1.29, 1.82) is 0 Å². The summed E-state index contributed by atoms with van der Waals surface area (Å²) in [5.41, 5.74) is 2.29. The Balaban J connectivity index is 0.000000956. The van der Waals surface area contributed by atoms with Crippen LogP contribution in [0.1, 0.15) is 26.3 Å². The molecular weight excluding hydrogens is 252 g/mol. The second kappa shape index (κ2) is 9.37. The summed E-state index contributed by atoms with van der Waals surface area (Å²) in [4.78, 5) is 13.8. The zero-order chi connectivity index (χ0) is 14.8. The molecule has 1 aromatic carbocycles. The van der Waals surface area contributed by atoms with Crippen molar-refractivity contribution >= 4 is 11.6 Å². The Morgan fingerprint density at radius 2 is 2.00 bits per heavy atom. The van der Waals surface area contributed by atoms with Crippen molar-refractivity contribution in [2.45, 2.75) is 27.2 Å². The number of morpholine rings is 1. The molecule has 1 aliphatic rings. The van der Waals surface area contributed by atoms with Gasteiger partial charge in [-0.05, 0) is 24.1 Å². The molecule has 1 fully saturated rings. The van der Waals surface area contributed by atoms with Crippen LogP contribution in [-0.2, 0) is 16.0 Å². The fourth-order valence-corrected chi connectivity index (χ4v) is 2.00. The van der Waals surface area contributed by atoms with Crippen LogP contribution in [0.15, 0.2) is 24.3 Å². The van der Waals surface area contributed by atoms with E-state index in [1.165, 1.54) is 5.56 Å². The van der Waals surface area contributed by atoms with Crippen molar-refractivity contribution in [1.82, 2.24) is 4.90 Å². The predicted octanol–water partition coefficient (Wildman–Crippen LogP) is 2.55. The van der Waals surface area contributed by atoms with Gasteiger partial charge in [-0.25, -0.2) is 0 Å². The van der Waals surface area contributed by atoms with Crippen molar-refractivity contribution in [3.05, 3.63) is 29.8 Å². The molecule has 0 unspecified atom stereocenters. The van der Waals surface area contributed by atoms with E-state index in [1.807, 2.05) is 30.9 Å². The number of amides is 1. The van der Waals surface area contributed by atoms with Gasteiger partial charge in [0.2, 0.25) is 5.91 Å². The molecule has 4 heteroatoms. The molecule has 0 aromatic heterocycles. The lowest BCUT2D eigenvalue weighted by molar-refractivity contribution is -0.133. The molecule has 4 nitrogen and oxygen atoms in total. The lowest BCUT2D eigenvalue weighted by atomic mass is 10.1. The van der Waals surface area contributed by atoms with E-state index in [2.05, 4.69) is 24.4 Å². The number of carbonyl (C=O) groups excluding carboxylic acids is 1. The number of rotatable bonds is 4. The Labute approximate surface area is 122 Å². The summed E-state index contributed by atoms with van der Waals surface area (Å²) in [5, 5.41) is 3.18. The molecule has 1 N–H and O–H groups in total. The SMILES string of the molecule is CC.CCc1cccc(NCC(=O)N2CCOCC2)c1. The van der Waals surface area contributed by atoms with E-state index >= 15 is 0 Å². The van der Waals surface area contributed by atoms with Gasteiger partial charge in [-0.15, -0.1) is 0 Å². The standard InChI is InChI=1S/C14H20N2O2.C2H6/c1-2-12-4-3-5-13(10-12)15-11-14(17)16-6-8-18-9-7-16;1-2/h3-5,10,15H,2,6-9,11H2,1H3;1-2H3. The van der Waals surface area contributed by atoms with Crippen molar-refractivity contribution in [3.8, 4) is 0 Å². The first-order valence-corrected chi connectivity index (χ1v) is 7.48. The predicted molar refractivity (Wildman–Crippen MR) is 83.1 cm³/mol. The summed E-state index contributed by atoms with van der Waals surface area (Å²) in [7, 11) is 0. The topological polar surface area (TPSA) is 41.6 Å². The maximum absolute atomic E-state index is 11.9. The maximum atomic E-state index is 11.9. The van der Waals surface area contributed by atoms with E-state index < -0.39 is 0 Å². The second-order valence-electron chi connectivity index (χ2n) is 4.40. The van der Waals surface area contributed by atoms with Gasteiger partial charge < -0.3 is 15.0 Å². The lowest BCUT2D eigenvalue weighted by Crippen LogP contribution is -2.43. The third kappa shape index (κ3) is 5.21. The van der Waals surface area contributed by atoms with Crippen LogP contribution in [0.25, 0.3) is 0 Å². The highest BCUT2D eigenvalue weighted by molar-refractivity contribution is 5.81. The molecule has 0 saturated carbocycles. The number of hydrogen-bond acceptors (Lipinski definition) is 3. The second-order valence-corrected chi connectivity index (χ2v) is 4.40. The number of anilines is 1. The smallest absolute Gasteiger partial charge is 0.242 e. The Morgan fingerprint density at radius 3 is 2.65 bits per heavy atom. The Kier molecular flexibility index (Phi) is 7.73. The third-order valence-electron chi connectivity index (χ3n) is 3.14. The molecular formula is C16H26N2O2. The molecule has 1 amide bonds. The number of hydrogen-bond donors (Lipinski definition) is 1. The van der Waals surface area contributed by atoms with Gasteiger partial charge in [-0.1, -0.05) is 32.9 Å². The van der Waals surface area contributed by atoms with Crippen LogP contribution in [0.5, 0.6) is 0 Å². The summed E-state index contributed by atoms with van der Waals surface area (Å²) >= 11 is 0. The third-order valence-corrected chi connectivity index (χ3v) is 3.14. The van der Waals surface area contributed by atoms with E-state index in [9.17, 15) is 4.79 Å². The molecule has 2 rings (SSSR count). The average Bonchev–Trinajstić information content (AvgIpc) is 2.55. The van der Waals surface area contributed by atoms with Crippen molar-refractivity contribution in [3.63, 3.8) is 0 Å². The highest BCUT2D eigenvalue weighted by atomic mass is 16.5. The van der Waals surface area contributed by atoms with Crippen LogP contribution in [0.2, 0.25) is 0 Å². The fourth-order valence-electron chi connectivity index (χ4n) is 2.00. The van der Waals surface area contributed by atoms with Crippen LogP contribution < -0.4 is 5.32 Å². The van der Waals surface area contributed by atoms with Crippen molar-refractivity contribution in [2.24, 2.45) is 0 Å².